The minimum absolute atomic E-state index is 0.00598. The molecular weight excluding hydrogens is 508 g/mol. The van der Waals surface area contributed by atoms with Crippen LogP contribution >= 0.6 is 0 Å². The summed E-state index contributed by atoms with van der Waals surface area (Å²) in [6, 6.07) is 6.90. The van der Waals surface area contributed by atoms with Gasteiger partial charge in [0, 0.05) is 50.6 Å². The van der Waals surface area contributed by atoms with E-state index in [0.717, 1.165) is 30.9 Å². The summed E-state index contributed by atoms with van der Waals surface area (Å²) in [5.41, 5.74) is -0.499. The van der Waals surface area contributed by atoms with Crippen LogP contribution in [0.4, 0.5) is 11.4 Å². The highest BCUT2D eigenvalue weighted by Gasteiger charge is 2.75. The maximum atomic E-state index is 14.4. The Morgan fingerprint density at radius 3 is 2.23 bits per heavy atom. The first-order valence-corrected chi connectivity index (χ1v) is 14.7. The molecule has 0 aliphatic carbocycles. The van der Waals surface area contributed by atoms with Gasteiger partial charge in [0.2, 0.25) is 11.8 Å². The predicted molar refractivity (Wildman–Crippen MR) is 154 cm³/mol. The molecule has 5 atom stereocenters. The summed E-state index contributed by atoms with van der Waals surface area (Å²) in [5.74, 6) is -2.30. The normalized spacial score (nSPS) is 31.3. The molecule has 2 fully saturated rings. The van der Waals surface area contributed by atoms with E-state index in [1.807, 2.05) is 62.4 Å². The average molecular weight is 551 g/mol. The van der Waals surface area contributed by atoms with Crippen molar-refractivity contribution >= 4 is 29.1 Å². The van der Waals surface area contributed by atoms with E-state index in [2.05, 4.69) is 18.7 Å². The Morgan fingerprint density at radius 2 is 1.60 bits per heavy atom. The van der Waals surface area contributed by atoms with Crippen LogP contribution in [0, 0.1) is 11.8 Å². The molecule has 1 spiro atoms. The minimum atomic E-state index is -1.31. The number of hydrogen-bond donors (Lipinski definition) is 1. The molecule has 9 heteroatoms. The zero-order chi connectivity index (χ0) is 28.7. The van der Waals surface area contributed by atoms with Gasteiger partial charge in [0.05, 0.1) is 24.0 Å². The van der Waals surface area contributed by atoms with Crippen LogP contribution in [0.15, 0.2) is 48.6 Å². The van der Waals surface area contributed by atoms with E-state index < -0.39 is 29.1 Å². The number of amides is 3. The van der Waals surface area contributed by atoms with Crippen LogP contribution in [0.1, 0.15) is 40.5 Å². The molecule has 0 saturated carbocycles. The van der Waals surface area contributed by atoms with Gasteiger partial charge in [0.15, 0.2) is 0 Å². The lowest BCUT2D eigenvalue weighted by Gasteiger charge is -2.38. The molecule has 4 aliphatic heterocycles. The van der Waals surface area contributed by atoms with Gasteiger partial charge < -0.3 is 29.4 Å². The molecule has 0 radical (unpaired) electrons. The first kappa shape index (κ1) is 28.4. The summed E-state index contributed by atoms with van der Waals surface area (Å²) in [6.07, 6.45) is 8.96. The molecule has 4 aliphatic rings. The van der Waals surface area contributed by atoms with Gasteiger partial charge in [0.25, 0.3) is 5.91 Å². The van der Waals surface area contributed by atoms with Crippen LogP contribution in [0.5, 0.6) is 0 Å². The monoisotopic (exact) mass is 550 g/mol. The van der Waals surface area contributed by atoms with Crippen molar-refractivity contribution < 1.29 is 24.2 Å². The Hall–Kier alpha value is -3.17. The lowest BCUT2D eigenvalue weighted by Crippen LogP contribution is -2.56. The number of carbonyl (C=O) groups excluding carboxylic acids is 3. The number of benzene rings is 1. The Kier molecular flexibility index (Phi) is 7.81. The second kappa shape index (κ2) is 11.0. The topological polar surface area (TPSA) is 93.6 Å². The molecule has 1 N–H and O–H groups in total. The van der Waals surface area contributed by atoms with Crippen LogP contribution in [0.25, 0.3) is 0 Å². The number of β-amino-alcohol motifs (C(OH)–C–C–N with tert-alkyl or cyclic N) is 1. The first-order valence-electron chi connectivity index (χ1n) is 14.7. The number of fused-ring (bicyclic) bond motifs is 2. The number of carbonyl (C=O) groups is 3. The molecule has 1 aromatic carbocycles. The highest BCUT2D eigenvalue weighted by molar-refractivity contribution is 6.06. The molecule has 5 rings (SSSR count). The van der Waals surface area contributed by atoms with Gasteiger partial charge in [-0.15, -0.1) is 0 Å². The molecule has 4 heterocycles. The van der Waals surface area contributed by atoms with E-state index in [9.17, 15) is 19.5 Å². The van der Waals surface area contributed by atoms with Crippen molar-refractivity contribution in [2.75, 3.05) is 55.7 Å². The summed E-state index contributed by atoms with van der Waals surface area (Å²) in [6.45, 7) is 11.0. The van der Waals surface area contributed by atoms with Gasteiger partial charge in [-0.1, -0.05) is 38.2 Å². The predicted octanol–water partition coefficient (Wildman–Crippen LogP) is 2.60. The standard InChI is InChI=1S/C31H42N4O5/c1-5-17-33-18-9-15-30(6-2)24(27(33)37)25-28(38)35(20-21-36)26-29(39)34(19-10-16-31(25,26)40-30)23-13-11-22(12-14-23)32(7-3)8-4/h9-16,24-26,36H,5-8,17-21H2,1-4H3/t24-,25-,26?,30+,31-/m0/s1. The Balaban J connectivity index is 1.58. The number of aliphatic hydroxyl groups excluding tert-OH is 1. The van der Waals surface area contributed by atoms with Crippen molar-refractivity contribution in [2.45, 2.75) is 57.8 Å². The van der Waals surface area contributed by atoms with Crippen LogP contribution in [0.3, 0.4) is 0 Å². The first-order chi connectivity index (χ1) is 19.3. The SMILES string of the molecule is CCCN1CC=C[C@@]2(CC)O[C@]34C=CCN(c5ccc(N(CC)CC)cc5)C(=O)C3N(CCO)C(=O)[C@@H]4[C@H]2C1=O. The summed E-state index contributed by atoms with van der Waals surface area (Å²) in [5, 5.41) is 9.93. The van der Waals surface area contributed by atoms with E-state index in [1.54, 1.807) is 9.80 Å². The van der Waals surface area contributed by atoms with Gasteiger partial charge in [-0.25, -0.2) is 0 Å². The van der Waals surface area contributed by atoms with E-state index in [4.69, 9.17) is 4.74 Å². The van der Waals surface area contributed by atoms with Crippen molar-refractivity contribution in [3.8, 4) is 0 Å². The van der Waals surface area contributed by atoms with Crippen LogP contribution in [0.2, 0.25) is 0 Å². The third-order valence-electron chi connectivity index (χ3n) is 9.15. The van der Waals surface area contributed by atoms with Crippen LogP contribution in [-0.2, 0) is 19.1 Å². The van der Waals surface area contributed by atoms with Crippen molar-refractivity contribution in [1.82, 2.24) is 9.80 Å². The van der Waals surface area contributed by atoms with Gasteiger partial charge in [0.1, 0.15) is 11.6 Å². The molecule has 40 heavy (non-hydrogen) atoms. The molecule has 1 aromatic rings. The van der Waals surface area contributed by atoms with E-state index in [-0.39, 0.29) is 30.9 Å². The van der Waals surface area contributed by atoms with Gasteiger partial charge >= 0.3 is 0 Å². The number of anilines is 2. The second-order valence-corrected chi connectivity index (χ2v) is 11.1. The third-order valence-corrected chi connectivity index (χ3v) is 9.15. The second-order valence-electron chi connectivity index (χ2n) is 11.1. The summed E-state index contributed by atoms with van der Waals surface area (Å²) in [7, 11) is 0. The molecule has 3 amide bonds. The fourth-order valence-corrected chi connectivity index (χ4v) is 7.29. The van der Waals surface area contributed by atoms with Crippen LogP contribution < -0.4 is 9.80 Å². The highest BCUT2D eigenvalue weighted by atomic mass is 16.5. The van der Waals surface area contributed by atoms with Crippen molar-refractivity contribution in [2.24, 2.45) is 11.8 Å². The number of aliphatic hydroxyl groups is 1. The van der Waals surface area contributed by atoms with Crippen LogP contribution in [-0.4, -0.2) is 95.7 Å². The Morgan fingerprint density at radius 1 is 0.900 bits per heavy atom. The van der Waals surface area contributed by atoms with E-state index in [0.29, 0.717) is 26.1 Å². The molecule has 0 aromatic heterocycles. The van der Waals surface area contributed by atoms with Gasteiger partial charge in [-0.05, 0) is 51.0 Å². The summed E-state index contributed by atoms with van der Waals surface area (Å²) >= 11 is 0. The molecule has 9 nitrogen and oxygen atoms in total. The fraction of sp³-hybridized carbons (Fsp3) is 0.581. The smallest absolute Gasteiger partial charge is 0.253 e. The largest absolute Gasteiger partial charge is 0.395 e. The van der Waals surface area contributed by atoms with E-state index >= 15 is 0 Å². The van der Waals surface area contributed by atoms with Gasteiger partial charge in [-0.2, -0.15) is 0 Å². The Labute approximate surface area is 237 Å². The molecule has 2 saturated heterocycles. The minimum Gasteiger partial charge on any atom is -0.395 e. The molecule has 1 unspecified atom stereocenters. The zero-order valence-corrected chi connectivity index (χ0v) is 24.1. The number of nitrogens with zero attached hydrogens (tertiary/aromatic N) is 4. The lowest BCUT2D eigenvalue weighted by atomic mass is 9.73. The van der Waals surface area contributed by atoms with Gasteiger partial charge in [-0.3, -0.25) is 14.4 Å². The highest BCUT2D eigenvalue weighted by Crippen LogP contribution is 2.58. The molecule has 0 bridgehead atoms. The maximum Gasteiger partial charge on any atom is 0.253 e. The van der Waals surface area contributed by atoms with Crippen molar-refractivity contribution in [3.05, 3.63) is 48.6 Å². The quantitative estimate of drug-likeness (QED) is 0.475. The zero-order valence-electron chi connectivity index (χ0n) is 24.1. The van der Waals surface area contributed by atoms with E-state index in [1.165, 1.54) is 4.90 Å². The Bertz CT molecular complexity index is 1190. The summed E-state index contributed by atoms with van der Waals surface area (Å²) in [4.78, 5) is 49.9. The van der Waals surface area contributed by atoms with Crippen molar-refractivity contribution in [1.29, 1.82) is 0 Å². The third kappa shape index (κ3) is 4.16. The van der Waals surface area contributed by atoms with Crippen molar-refractivity contribution in [3.63, 3.8) is 0 Å². The average Bonchev–Trinajstić information content (AvgIpc) is 3.24. The number of ether oxygens (including phenoxy) is 1. The number of hydrogen-bond acceptors (Lipinski definition) is 6. The molecular formula is C31H42N4O5. The number of rotatable bonds is 9. The maximum absolute atomic E-state index is 14.4. The fourth-order valence-electron chi connectivity index (χ4n) is 7.29. The summed E-state index contributed by atoms with van der Waals surface area (Å²) < 4.78 is 6.94. The number of likely N-dealkylation sites (tertiary alicyclic amines) is 1. The lowest BCUT2D eigenvalue weighted by molar-refractivity contribution is -0.150. The molecule has 216 valence electrons.